The van der Waals surface area contributed by atoms with Crippen LogP contribution in [0.4, 0.5) is 5.82 Å². The number of hydrazine groups is 1. The second-order valence-corrected chi connectivity index (χ2v) is 10.8. The summed E-state index contributed by atoms with van der Waals surface area (Å²) in [5.41, 5.74) is 1.53. The molecule has 0 spiro atoms. The van der Waals surface area contributed by atoms with Gasteiger partial charge in [0, 0.05) is 24.6 Å². The number of benzene rings is 2. The molecule has 3 heterocycles. The molecular formula is C23H23BrN6O5S. The lowest BCUT2D eigenvalue weighted by atomic mass is 10.1. The largest absolute Gasteiger partial charge is 0.507 e. The third-order valence-corrected chi connectivity index (χ3v) is 8.04. The number of aromatic nitrogens is 3. The lowest BCUT2D eigenvalue weighted by molar-refractivity contribution is 0.279. The van der Waals surface area contributed by atoms with Crippen molar-refractivity contribution in [1.82, 2.24) is 19.3 Å². The molecule has 36 heavy (non-hydrogen) atoms. The van der Waals surface area contributed by atoms with Gasteiger partial charge in [-0.25, -0.2) is 24.0 Å². The Balaban J connectivity index is 1.51. The number of ether oxygens (including phenoxy) is 1. The molecule has 0 radical (unpaired) electrons. The SMILES string of the molecule is NN(c1cc(-c2ccccc2O)nc2c(Br)cnn12)C1CCNS(=O)(=O)c2c(O)cccc2OCC1. The standard InChI is InChI=1S/C23H23BrN6O5S/c24-16-13-26-30-21(12-17(28-23(16)30)15-4-1-2-5-18(15)31)29(25)14-8-10-27-36(33,34)22-19(32)6-3-7-20(22)35-11-9-14/h1-7,12-14,27,31-32H,8-11,25H2. The van der Waals surface area contributed by atoms with E-state index in [9.17, 15) is 18.6 Å². The molecule has 2 aromatic heterocycles. The van der Waals surface area contributed by atoms with E-state index in [0.29, 0.717) is 40.0 Å². The van der Waals surface area contributed by atoms with Crippen LogP contribution in [0.5, 0.6) is 17.2 Å². The third kappa shape index (κ3) is 4.46. The lowest BCUT2D eigenvalue weighted by Gasteiger charge is -2.30. The number of rotatable bonds is 3. The van der Waals surface area contributed by atoms with Crippen LogP contribution in [0.15, 0.2) is 64.1 Å². The van der Waals surface area contributed by atoms with Crippen LogP contribution >= 0.6 is 15.9 Å². The van der Waals surface area contributed by atoms with E-state index >= 15 is 0 Å². The molecule has 0 bridgehead atoms. The summed E-state index contributed by atoms with van der Waals surface area (Å²) in [7, 11) is -4.01. The van der Waals surface area contributed by atoms with Crippen LogP contribution in [-0.2, 0) is 10.0 Å². The maximum Gasteiger partial charge on any atom is 0.247 e. The van der Waals surface area contributed by atoms with Gasteiger partial charge < -0.3 is 14.9 Å². The van der Waals surface area contributed by atoms with E-state index in [2.05, 4.69) is 30.7 Å². The average Bonchev–Trinajstić information content (AvgIpc) is 3.22. The first kappa shape index (κ1) is 24.3. The molecule has 1 aliphatic rings. The first-order chi connectivity index (χ1) is 17.3. The molecule has 1 aliphatic heterocycles. The predicted octanol–water partition coefficient (Wildman–Crippen LogP) is 2.77. The minimum absolute atomic E-state index is 0.0656. The van der Waals surface area contributed by atoms with Gasteiger partial charge in [0.25, 0.3) is 0 Å². The highest BCUT2D eigenvalue weighted by Crippen LogP contribution is 2.34. The Hall–Kier alpha value is -3.39. The summed E-state index contributed by atoms with van der Waals surface area (Å²) in [6.07, 6.45) is 2.40. The summed E-state index contributed by atoms with van der Waals surface area (Å²) in [6.45, 7) is 0.242. The van der Waals surface area contributed by atoms with E-state index in [-0.39, 0.29) is 41.3 Å². The molecule has 2 aromatic carbocycles. The number of nitrogens with one attached hydrogen (secondary N) is 1. The summed E-state index contributed by atoms with van der Waals surface area (Å²) in [4.78, 5) is 4.36. The molecule has 1 atom stereocenters. The van der Waals surface area contributed by atoms with Crippen LogP contribution in [-0.4, -0.2) is 52.4 Å². The van der Waals surface area contributed by atoms with E-state index < -0.39 is 10.0 Å². The molecule has 0 aliphatic carbocycles. The molecule has 5 N–H and O–H groups in total. The van der Waals surface area contributed by atoms with Crippen LogP contribution in [0, 0.1) is 0 Å². The summed E-state index contributed by atoms with van der Waals surface area (Å²) < 4.78 is 36.2. The topological polar surface area (TPSA) is 155 Å². The van der Waals surface area contributed by atoms with Gasteiger partial charge in [0.15, 0.2) is 10.5 Å². The highest BCUT2D eigenvalue weighted by molar-refractivity contribution is 9.10. The van der Waals surface area contributed by atoms with E-state index in [0.717, 1.165) is 0 Å². The quantitative estimate of drug-likeness (QED) is 0.213. The summed E-state index contributed by atoms with van der Waals surface area (Å²) in [5, 5.41) is 26.4. The fourth-order valence-corrected chi connectivity index (χ4v) is 5.78. The number of nitrogens with zero attached hydrogens (tertiary/aromatic N) is 4. The predicted molar refractivity (Wildman–Crippen MR) is 136 cm³/mol. The van der Waals surface area contributed by atoms with Gasteiger partial charge in [0.05, 0.1) is 29.0 Å². The van der Waals surface area contributed by atoms with Crippen molar-refractivity contribution in [3.63, 3.8) is 0 Å². The first-order valence-corrected chi connectivity index (χ1v) is 13.3. The molecular weight excluding hydrogens is 552 g/mol. The van der Waals surface area contributed by atoms with Crippen molar-refractivity contribution >= 4 is 37.4 Å². The number of halogens is 1. The van der Waals surface area contributed by atoms with Gasteiger partial charge in [-0.1, -0.05) is 18.2 Å². The second-order valence-electron chi connectivity index (χ2n) is 8.23. The Morgan fingerprint density at radius 2 is 1.92 bits per heavy atom. The molecule has 4 aromatic rings. The molecule has 11 nitrogen and oxygen atoms in total. The van der Waals surface area contributed by atoms with E-state index in [4.69, 9.17) is 10.6 Å². The fraction of sp³-hybridized carbons (Fsp3) is 0.217. The van der Waals surface area contributed by atoms with Crippen LogP contribution in [0.25, 0.3) is 16.9 Å². The zero-order valence-corrected chi connectivity index (χ0v) is 21.3. The average molecular weight is 575 g/mol. The molecule has 0 fully saturated rings. The molecule has 0 saturated carbocycles. The molecule has 0 amide bonds. The smallest absolute Gasteiger partial charge is 0.247 e. The maximum absolute atomic E-state index is 12.8. The fourth-order valence-electron chi connectivity index (χ4n) is 4.17. The maximum atomic E-state index is 12.8. The van der Waals surface area contributed by atoms with Crippen molar-refractivity contribution in [2.24, 2.45) is 5.84 Å². The van der Waals surface area contributed by atoms with Crippen molar-refractivity contribution in [3.8, 4) is 28.5 Å². The number of para-hydroxylation sites is 1. The molecule has 188 valence electrons. The molecule has 1 unspecified atom stereocenters. The number of hydrogen-bond donors (Lipinski definition) is 4. The van der Waals surface area contributed by atoms with Gasteiger partial charge in [-0.2, -0.15) is 9.61 Å². The number of sulfonamides is 1. The normalized spacial score (nSPS) is 17.8. The Bertz CT molecular complexity index is 1540. The number of aromatic hydroxyl groups is 2. The number of phenols is 2. The lowest BCUT2D eigenvalue weighted by Crippen LogP contribution is -2.45. The third-order valence-electron chi connectivity index (χ3n) is 5.95. The Morgan fingerprint density at radius 1 is 1.14 bits per heavy atom. The highest BCUT2D eigenvalue weighted by atomic mass is 79.9. The number of hydrogen-bond acceptors (Lipinski definition) is 9. The summed E-state index contributed by atoms with van der Waals surface area (Å²) >= 11 is 3.46. The van der Waals surface area contributed by atoms with Crippen molar-refractivity contribution in [2.45, 2.75) is 23.8 Å². The first-order valence-electron chi connectivity index (χ1n) is 11.1. The second kappa shape index (κ2) is 9.58. The van der Waals surface area contributed by atoms with Gasteiger partial charge in [-0.05, 0) is 46.6 Å². The highest BCUT2D eigenvalue weighted by Gasteiger charge is 2.28. The van der Waals surface area contributed by atoms with Gasteiger partial charge in [-0.15, -0.1) is 0 Å². The molecule has 5 rings (SSSR count). The Labute approximate surface area is 215 Å². The summed E-state index contributed by atoms with van der Waals surface area (Å²) in [6, 6.07) is 12.5. The minimum Gasteiger partial charge on any atom is -0.507 e. The van der Waals surface area contributed by atoms with Gasteiger partial charge >= 0.3 is 0 Å². The van der Waals surface area contributed by atoms with Crippen molar-refractivity contribution in [3.05, 3.63) is 59.2 Å². The zero-order chi connectivity index (χ0) is 25.4. The molecule has 13 heteroatoms. The Kier molecular flexibility index (Phi) is 6.47. The van der Waals surface area contributed by atoms with Gasteiger partial charge in [0.1, 0.15) is 23.1 Å². The van der Waals surface area contributed by atoms with Crippen LogP contribution in [0.1, 0.15) is 12.8 Å². The van der Waals surface area contributed by atoms with E-state index in [1.165, 1.54) is 23.2 Å². The van der Waals surface area contributed by atoms with Crippen LogP contribution < -0.4 is 20.3 Å². The van der Waals surface area contributed by atoms with Crippen molar-refractivity contribution < 1.29 is 23.4 Å². The van der Waals surface area contributed by atoms with Crippen molar-refractivity contribution in [1.29, 1.82) is 0 Å². The number of phenolic OH excluding ortho intramolecular Hbond substituents is 2. The van der Waals surface area contributed by atoms with E-state index in [1.54, 1.807) is 41.0 Å². The number of fused-ring (bicyclic) bond motifs is 2. The Morgan fingerprint density at radius 3 is 2.72 bits per heavy atom. The van der Waals surface area contributed by atoms with Crippen LogP contribution in [0.3, 0.4) is 0 Å². The van der Waals surface area contributed by atoms with Gasteiger partial charge in [0.2, 0.25) is 10.0 Å². The number of nitrogens with two attached hydrogens (primary N) is 1. The number of anilines is 1. The van der Waals surface area contributed by atoms with Gasteiger partial charge in [-0.3, -0.25) is 5.01 Å². The minimum atomic E-state index is -4.01. The molecule has 0 saturated heterocycles. The van der Waals surface area contributed by atoms with E-state index in [1.807, 2.05) is 0 Å². The monoisotopic (exact) mass is 574 g/mol. The summed E-state index contributed by atoms with van der Waals surface area (Å²) in [5.74, 6) is 6.87. The van der Waals surface area contributed by atoms with Crippen molar-refractivity contribution in [2.75, 3.05) is 18.2 Å². The zero-order valence-electron chi connectivity index (χ0n) is 18.9. The van der Waals surface area contributed by atoms with Crippen LogP contribution in [0.2, 0.25) is 0 Å².